The minimum Gasteiger partial charge on any atom is -0.342 e. The second-order valence-corrected chi connectivity index (χ2v) is 6.54. The molecule has 2 aliphatic rings. The molecular weight excluding hydrogens is 278 g/mol. The first-order chi connectivity index (χ1) is 10.6. The van der Waals surface area contributed by atoms with Gasteiger partial charge in [0.1, 0.15) is 12.1 Å². The summed E-state index contributed by atoms with van der Waals surface area (Å²) in [6.07, 6.45) is 0.690. The molecule has 2 fully saturated rings. The quantitative estimate of drug-likeness (QED) is 0.868. The molecule has 118 valence electrons. The fourth-order valence-corrected chi connectivity index (χ4v) is 3.28. The highest BCUT2D eigenvalue weighted by atomic mass is 16.2. The van der Waals surface area contributed by atoms with Crippen LogP contribution in [0.4, 0.5) is 0 Å². The average molecular weight is 301 g/mol. The Balaban J connectivity index is 1.63. The van der Waals surface area contributed by atoms with Crippen LogP contribution >= 0.6 is 0 Å². The highest BCUT2D eigenvalue weighted by Crippen LogP contribution is 2.25. The zero-order chi connectivity index (χ0) is 15.7. The molecule has 0 spiro atoms. The van der Waals surface area contributed by atoms with Crippen molar-refractivity contribution in [2.45, 2.75) is 44.9 Å². The number of amides is 2. The van der Waals surface area contributed by atoms with Gasteiger partial charge in [-0.3, -0.25) is 9.59 Å². The second kappa shape index (κ2) is 6.08. The Morgan fingerprint density at radius 1 is 1.27 bits per heavy atom. The first-order valence-corrected chi connectivity index (χ1v) is 7.94. The van der Waals surface area contributed by atoms with E-state index in [1.54, 1.807) is 4.90 Å². The number of nitrogens with zero attached hydrogens (tertiary/aromatic N) is 1. The summed E-state index contributed by atoms with van der Waals surface area (Å²) in [5.74, 6) is 0.166. The van der Waals surface area contributed by atoms with Gasteiger partial charge < -0.3 is 15.5 Å². The maximum Gasteiger partial charge on any atom is 0.246 e. The van der Waals surface area contributed by atoms with E-state index >= 15 is 0 Å². The smallest absolute Gasteiger partial charge is 0.246 e. The van der Waals surface area contributed by atoms with Crippen LogP contribution in [0.25, 0.3) is 0 Å². The molecule has 2 heterocycles. The van der Waals surface area contributed by atoms with Gasteiger partial charge in [-0.1, -0.05) is 44.2 Å². The van der Waals surface area contributed by atoms with Gasteiger partial charge in [-0.15, -0.1) is 0 Å². The number of carbonyl (C=O) groups excluding carboxylic acids is 2. The molecule has 0 aromatic heterocycles. The van der Waals surface area contributed by atoms with E-state index < -0.39 is 0 Å². The van der Waals surface area contributed by atoms with E-state index in [1.165, 1.54) is 5.56 Å². The minimum atomic E-state index is -0.378. The van der Waals surface area contributed by atoms with Crippen LogP contribution in [0, 0.1) is 5.92 Å². The molecular formula is C17H23N3O2. The molecule has 0 radical (unpaired) electrons. The van der Waals surface area contributed by atoms with Crippen molar-refractivity contribution in [3.05, 3.63) is 35.9 Å². The monoisotopic (exact) mass is 301 g/mol. The van der Waals surface area contributed by atoms with Crippen molar-refractivity contribution in [2.24, 2.45) is 5.92 Å². The standard InChI is InChI=1S/C17H23N3O2/c1-11(2)15-17(22)20-10-13(8-14(20)16(21)19-15)18-9-12-6-4-3-5-7-12/h3-7,11,13-15,18H,8-10H2,1-2H3,(H,19,21)/t13-,14-,15-/m0/s1. The van der Waals surface area contributed by atoms with Gasteiger partial charge in [0.05, 0.1) is 0 Å². The number of piperazine rings is 1. The number of benzene rings is 1. The molecule has 2 amide bonds. The molecule has 3 atom stereocenters. The van der Waals surface area contributed by atoms with E-state index in [4.69, 9.17) is 0 Å². The summed E-state index contributed by atoms with van der Waals surface area (Å²) < 4.78 is 0. The van der Waals surface area contributed by atoms with E-state index in [0.29, 0.717) is 13.0 Å². The number of hydrogen-bond acceptors (Lipinski definition) is 3. The first-order valence-electron chi connectivity index (χ1n) is 7.94. The Kier molecular flexibility index (Phi) is 4.16. The van der Waals surface area contributed by atoms with Gasteiger partial charge >= 0.3 is 0 Å². The van der Waals surface area contributed by atoms with Crippen LogP contribution in [0.1, 0.15) is 25.8 Å². The fourth-order valence-electron chi connectivity index (χ4n) is 3.28. The van der Waals surface area contributed by atoms with Gasteiger partial charge in [-0.2, -0.15) is 0 Å². The molecule has 0 unspecified atom stereocenters. The SMILES string of the molecule is CC(C)[C@@H]1NC(=O)[C@@H]2C[C@H](NCc3ccccc3)CN2C1=O. The summed E-state index contributed by atoms with van der Waals surface area (Å²) in [4.78, 5) is 26.5. The molecule has 0 saturated carbocycles. The van der Waals surface area contributed by atoms with Crippen LogP contribution in [-0.2, 0) is 16.1 Å². The Bertz CT molecular complexity index is 558. The zero-order valence-electron chi connectivity index (χ0n) is 13.1. The molecule has 1 aromatic carbocycles. The van der Waals surface area contributed by atoms with E-state index in [9.17, 15) is 9.59 Å². The predicted molar refractivity (Wildman–Crippen MR) is 84.0 cm³/mol. The number of nitrogens with one attached hydrogen (secondary N) is 2. The van der Waals surface area contributed by atoms with Crippen LogP contribution in [0.5, 0.6) is 0 Å². The molecule has 2 N–H and O–H groups in total. The third kappa shape index (κ3) is 2.86. The number of rotatable bonds is 4. The maximum absolute atomic E-state index is 12.5. The molecule has 22 heavy (non-hydrogen) atoms. The lowest BCUT2D eigenvalue weighted by molar-refractivity contribution is -0.148. The number of fused-ring (bicyclic) bond motifs is 1. The Hall–Kier alpha value is -1.88. The molecule has 2 aliphatic heterocycles. The Morgan fingerprint density at radius 2 is 2.00 bits per heavy atom. The minimum absolute atomic E-state index is 0.0117. The van der Waals surface area contributed by atoms with Gasteiger partial charge in [-0.25, -0.2) is 0 Å². The topological polar surface area (TPSA) is 61.4 Å². The van der Waals surface area contributed by atoms with Gasteiger partial charge in [0, 0.05) is 19.1 Å². The number of hydrogen-bond donors (Lipinski definition) is 2. The fraction of sp³-hybridized carbons (Fsp3) is 0.529. The molecule has 1 aromatic rings. The predicted octanol–water partition coefficient (Wildman–Crippen LogP) is 0.900. The van der Waals surface area contributed by atoms with Crippen LogP contribution in [0.15, 0.2) is 30.3 Å². The van der Waals surface area contributed by atoms with Crippen LogP contribution < -0.4 is 10.6 Å². The summed E-state index contributed by atoms with van der Waals surface area (Å²) in [6.45, 7) is 5.30. The lowest BCUT2D eigenvalue weighted by Crippen LogP contribution is -2.62. The number of carbonyl (C=O) groups is 2. The van der Waals surface area contributed by atoms with Gasteiger partial charge in [0.25, 0.3) is 0 Å². The highest BCUT2D eigenvalue weighted by Gasteiger charge is 2.46. The Labute approximate surface area is 131 Å². The zero-order valence-corrected chi connectivity index (χ0v) is 13.1. The summed E-state index contributed by atoms with van der Waals surface area (Å²) in [5.41, 5.74) is 1.21. The summed E-state index contributed by atoms with van der Waals surface area (Å²) in [7, 11) is 0. The van der Waals surface area contributed by atoms with E-state index in [0.717, 1.165) is 6.54 Å². The van der Waals surface area contributed by atoms with Crippen molar-refractivity contribution in [3.63, 3.8) is 0 Å². The largest absolute Gasteiger partial charge is 0.342 e. The Morgan fingerprint density at radius 3 is 2.68 bits per heavy atom. The highest BCUT2D eigenvalue weighted by molar-refractivity contribution is 5.97. The van der Waals surface area contributed by atoms with Crippen molar-refractivity contribution in [2.75, 3.05) is 6.54 Å². The lowest BCUT2D eigenvalue weighted by Gasteiger charge is -2.36. The van der Waals surface area contributed by atoms with Gasteiger partial charge in [0.15, 0.2) is 0 Å². The van der Waals surface area contributed by atoms with E-state index in [-0.39, 0.29) is 35.9 Å². The molecule has 3 rings (SSSR count). The van der Waals surface area contributed by atoms with Crippen LogP contribution in [0.2, 0.25) is 0 Å². The second-order valence-electron chi connectivity index (χ2n) is 6.54. The van der Waals surface area contributed by atoms with Gasteiger partial charge in [0.2, 0.25) is 11.8 Å². The maximum atomic E-state index is 12.5. The van der Waals surface area contributed by atoms with E-state index in [2.05, 4.69) is 22.8 Å². The third-order valence-electron chi connectivity index (χ3n) is 4.55. The molecule has 2 saturated heterocycles. The van der Waals surface area contributed by atoms with Crippen LogP contribution in [-0.4, -0.2) is 41.4 Å². The van der Waals surface area contributed by atoms with Crippen LogP contribution in [0.3, 0.4) is 0 Å². The van der Waals surface area contributed by atoms with Crippen molar-refractivity contribution < 1.29 is 9.59 Å². The molecule has 0 aliphatic carbocycles. The van der Waals surface area contributed by atoms with Crippen molar-refractivity contribution in [1.29, 1.82) is 0 Å². The summed E-state index contributed by atoms with van der Waals surface area (Å²) >= 11 is 0. The van der Waals surface area contributed by atoms with Crippen molar-refractivity contribution in [1.82, 2.24) is 15.5 Å². The molecule has 5 heteroatoms. The third-order valence-corrected chi connectivity index (χ3v) is 4.55. The van der Waals surface area contributed by atoms with Crippen molar-refractivity contribution in [3.8, 4) is 0 Å². The summed E-state index contributed by atoms with van der Waals surface area (Å²) in [5, 5.41) is 6.34. The average Bonchev–Trinajstić information content (AvgIpc) is 2.95. The molecule has 0 bridgehead atoms. The first kappa shape index (κ1) is 15.0. The van der Waals surface area contributed by atoms with Gasteiger partial charge in [-0.05, 0) is 17.9 Å². The normalized spacial score (nSPS) is 28.0. The summed E-state index contributed by atoms with van der Waals surface area (Å²) in [6, 6.07) is 9.65. The van der Waals surface area contributed by atoms with E-state index in [1.807, 2.05) is 32.0 Å². The molecule has 5 nitrogen and oxygen atoms in total. The van der Waals surface area contributed by atoms with Crippen molar-refractivity contribution >= 4 is 11.8 Å². The lowest BCUT2D eigenvalue weighted by atomic mass is 9.98.